The van der Waals surface area contributed by atoms with Crippen LogP contribution in [0.5, 0.6) is 0 Å². The molecule has 1 nitrogen and oxygen atoms in total. The first-order valence-corrected chi connectivity index (χ1v) is 3.95. The zero-order chi connectivity index (χ0) is 9.40. The largest absolute Gasteiger partial charge is 0.392 e. The molecule has 0 aromatic heterocycles. The van der Waals surface area contributed by atoms with Crippen LogP contribution in [0.15, 0.2) is 36.7 Å². The van der Waals surface area contributed by atoms with Gasteiger partial charge < -0.3 is 5.11 Å². The number of aliphatic hydroxyl groups is 1. The Morgan fingerprint density at radius 3 is 2.42 bits per heavy atom. The quantitative estimate of drug-likeness (QED) is 0.608. The second kappa shape index (κ2) is 6.80. The summed E-state index contributed by atoms with van der Waals surface area (Å²) in [6, 6.07) is 0. The Morgan fingerprint density at radius 1 is 1.33 bits per heavy atom. The molecule has 0 rings (SSSR count). The molecule has 2 heteroatoms. The normalized spacial score (nSPS) is 12.2. The molecule has 0 amide bonds. The summed E-state index contributed by atoms with van der Waals surface area (Å²) < 4.78 is 13.1. The van der Waals surface area contributed by atoms with Gasteiger partial charge in [-0.05, 0) is 18.4 Å². The highest BCUT2D eigenvalue weighted by Gasteiger charge is 2.02. The van der Waals surface area contributed by atoms with Crippen LogP contribution < -0.4 is 0 Å². The predicted octanol–water partition coefficient (Wildman–Crippen LogP) is 2.74. The number of aliphatic hydroxyl groups excluding tert-OH is 1. The molecule has 0 aliphatic rings. The third-order valence-corrected chi connectivity index (χ3v) is 1.53. The lowest BCUT2D eigenvalue weighted by Gasteiger charge is -2.02. The van der Waals surface area contributed by atoms with E-state index >= 15 is 0 Å². The Bertz CT molecular complexity index is 182. The highest BCUT2D eigenvalue weighted by atomic mass is 19.1. The molecule has 0 saturated heterocycles. The average molecular weight is 170 g/mol. The lowest BCUT2D eigenvalue weighted by Crippen LogP contribution is -1.93. The molecular weight excluding hydrogens is 155 g/mol. The summed E-state index contributed by atoms with van der Waals surface area (Å²) in [5, 5.41) is 8.76. The van der Waals surface area contributed by atoms with Gasteiger partial charge in [0.05, 0.1) is 6.61 Å². The van der Waals surface area contributed by atoms with Crippen LogP contribution in [0.25, 0.3) is 0 Å². The minimum Gasteiger partial charge on any atom is -0.392 e. The van der Waals surface area contributed by atoms with Crippen LogP contribution in [0.2, 0.25) is 0 Å². The van der Waals surface area contributed by atoms with Crippen LogP contribution in [0.1, 0.15) is 19.3 Å². The van der Waals surface area contributed by atoms with Gasteiger partial charge in [0.1, 0.15) is 5.83 Å². The maximum absolute atomic E-state index is 13.1. The van der Waals surface area contributed by atoms with Crippen molar-refractivity contribution in [2.24, 2.45) is 0 Å². The Balaban J connectivity index is 4.14. The van der Waals surface area contributed by atoms with Gasteiger partial charge in [0.25, 0.3) is 0 Å². The van der Waals surface area contributed by atoms with Crippen LogP contribution in [0.3, 0.4) is 0 Å². The van der Waals surface area contributed by atoms with E-state index in [0.717, 1.165) is 0 Å². The van der Waals surface area contributed by atoms with Gasteiger partial charge in [-0.3, -0.25) is 0 Å². The molecule has 0 spiro atoms. The molecule has 0 aromatic carbocycles. The lowest BCUT2D eigenvalue weighted by atomic mass is 10.1. The smallest absolute Gasteiger partial charge is 0.102 e. The molecule has 0 bridgehead atoms. The summed E-state index contributed by atoms with van der Waals surface area (Å²) in [5.41, 5.74) is 0.423. The van der Waals surface area contributed by atoms with Crippen molar-refractivity contribution in [1.29, 1.82) is 0 Å². The molecular formula is C10H15FO. The third kappa shape index (κ3) is 4.09. The minimum absolute atomic E-state index is 0.227. The number of rotatable bonds is 6. The van der Waals surface area contributed by atoms with Crippen LogP contribution in [-0.2, 0) is 0 Å². The Morgan fingerprint density at radius 2 is 2.00 bits per heavy atom. The molecule has 0 aromatic rings. The van der Waals surface area contributed by atoms with Crippen LogP contribution in [-0.4, -0.2) is 11.7 Å². The topological polar surface area (TPSA) is 20.2 Å². The number of hydrogen-bond donors (Lipinski definition) is 1. The average Bonchev–Trinajstić information content (AvgIpc) is 2.10. The van der Waals surface area contributed by atoms with Crippen molar-refractivity contribution in [3.05, 3.63) is 36.7 Å². The molecule has 0 heterocycles. The van der Waals surface area contributed by atoms with E-state index in [1.807, 2.05) is 0 Å². The Kier molecular flexibility index (Phi) is 6.29. The molecule has 0 fully saturated rings. The van der Waals surface area contributed by atoms with E-state index in [-0.39, 0.29) is 12.4 Å². The van der Waals surface area contributed by atoms with E-state index < -0.39 is 0 Å². The van der Waals surface area contributed by atoms with Gasteiger partial charge in [0.15, 0.2) is 0 Å². The zero-order valence-electron chi connectivity index (χ0n) is 7.22. The molecule has 0 aliphatic heterocycles. The molecule has 0 unspecified atom stereocenters. The molecule has 0 radical (unpaired) electrons. The first kappa shape index (κ1) is 11.1. The molecule has 1 N–H and O–H groups in total. The first-order valence-electron chi connectivity index (χ1n) is 3.95. The van der Waals surface area contributed by atoms with Crippen molar-refractivity contribution < 1.29 is 9.50 Å². The van der Waals surface area contributed by atoms with Gasteiger partial charge in [-0.2, -0.15) is 0 Å². The second-order valence-corrected chi connectivity index (χ2v) is 2.49. The zero-order valence-corrected chi connectivity index (χ0v) is 7.22. The summed E-state index contributed by atoms with van der Waals surface area (Å²) in [5.74, 6) is -0.239. The van der Waals surface area contributed by atoms with Crippen molar-refractivity contribution in [1.82, 2.24) is 0 Å². The van der Waals surface area contributed by atoms with Crippen molar-refractivity contribution in [3.63, 3.8) is 0 Å². The highest BCUT2D eigenvalue weighted by molar-refractivity contribution is 5.12. The number of hydrogen-bond acceptors (Lipinski definition) is 1. The molecule has 0 saturated carbocycles. The fourth-order valence-corrected chi connectivity index (χ4v) is 0.841. The number of halogens is 1. The Hall–Kier alpha value is -0.890. The summed E-state index contributed by atoms with van der Waals surface area (Å²) in [6.07, 6.45) is 4.58. The SMILES string of the molecule is C=CCC/C(F)=C(/CO)CC=C. The summed E-state index contributed by atoms with van der Waals surface area (Å²) >= 11 is 0. The van der Waals surface area contributed by atoms with Gasteiger partial charge in [0.2, 0.25) is 0 Å². The second-order valence-electron chi connectivity index (χ2n) is 2.49. The fraction of sp³-hybridized carbons (Fsp3) is 0.400. The number of allylic oxidation sites excluding steroid dienone is 3. The van der Waals surface area contributed by atoms with Gasteiger partial charge in [-0.1, -0.05) is 12.2 Å². The summed E-state index contributed by atoms with van der Waals surface area (Å²) in [4.78, 5) is 0. The maximum Gasteiger partial charge on any atom is 0.102 e. The standard InChI is InChI=1S/C10H15FO/c1-3-5-7-10(11)9(8-12)6-4-2/h3-4,12H,1-2,5-8H2/b10-9-. The van der Waals surface area contributed by atoms with Crippen molar-refractivity contribution in [2.45, 2.75) is 19.3 Å². The minimum atomic E-state index is -0.239. The van der Waals surface area contributed by atoms with E-state index in [4.69, 9.17) is 5.11 Å². The van der Waals surface area contributed by atoms with E-state index in [1.54, 1.807) is 12.2 Å². The van der Waals surface area contributed by atoms with Gasteiger partial charge >= 0.3 is 0 Å². The van der Waals surface area contributed by atoms with E-state index in [9.17, 15) is 4.39 Å². The summed E-state index contributed by atoms with van der Waals surface area (Å²) in [6.45, 7) is 6.74. The molecule has 0 atom stereocenters. The van der Waals surface area contributed by atoms with Crippen LogP contribution in [0, 0.1) is 0 Å². The Labute approximate surface area is 72.9 Å². The maximum atomic E-state index is 13.1. The van der Waals surface area contributed by atoms with E-state index in [2.05, 4.69) is 13.2 Å². The first-order chi connectivity index (χ1) is 5.76. The van der Waals surface area contributed by atoms with Gasteiger partial charge in [-0.25, -0.2) is 4.39 Å². The molecule has 68 valence electrons. The van der Waals surface area contributed by atoms with Crippen LogP contribution >= 0.6 is 0 Å². The molecule has 12 heavy (non-hydrogen) atoms. The van der Waals surface area contributed by atoms with Crippen LogP contribution in [0.4, 0.5) is 4.39 Å². The fourth-order valence-electron chi connectivity index (χ4n) is 0.841. The van der Waals surface area contributed by atoms with E-state index in [0.29, 0.717) is 24.8 Å². The monoisotopic (exact) mass is 170 g/mol. The van der Waals surface area contributed by atoms with Crippen molar-refractivity contribution in [3.8, 4) is 0 Å². The van der Waals surface area contributed by atoms with Crippen molar-refractivity contribution in [2.75, 3.05) is 6.61 Å². The van der Waals surface area contributed by atoms with Crippen molar-refractivity contribution >= 4 is 0 Å². The highest BCUT2D eigenvalue weighted by Crippen LogP contribution is 2.15. The predicted molar refractivity (Wildman–Crippen MR) is 49.5 cm³/mol. The summed E-state index contributed by atoms with van der Waals surface area (Å²) in [7, 11) is 0. The van der Waals surface area contributed by atoms with E-state index in [1.165, 1.54) is 0 Å². The third-order valence-electron chi connectivity index (χ3n) is 1.53. The lowest BCUT2D eigenvalue weighted by molar-refractivity contribution is 0.322. The van der Waals surface area contributed by atoms with Gasteiger partial charge in [0, 0.05) is 6.42 Å². The van der Waals surface area contributed by atoms with Gasteiger partial charge in [-0.15, -0.1) is 13.2 Å². The molecule has 0 aliphatic carbocycles.